The standard InChI is InChI=1S/C23H31N3O3S/c1-16-15-19-11-7-8-12-20(19)26(16)30(28,29)22-18(3)24(4)17(2)21(22)23(27)25-13-9-5-6-10-14-25/h7-8,11-12,16H,5-6,9-10,13-15H2,1-4H3/t16-/m0/s1. The molecule has 2 aliphatic heterocycles. The van der Waals surface area contributed by atoms with Gasteiger partial charge in [0, 0.05) is 37.6 Å². The maximum atomic E-state index is 14.0. The van der Waals surface area contributed by atoms with Gasteiger partial charge in [-0.3, -0.25) is 9.10 Å². The van der Waals surface area contributed by atoms with Crippen molar-refractivity contribution >= 4 is 21.6 Å². The van der Waals surface area contributed by atoms with Gasteiger partial charge in [-0.15, -0.1) is 0 Å². The fraction of sp³-hybridized carbons (Fsp3) is 0.522. The summed E-state index contributed by atoms with van der Waals surface area (Å²) in [6, 6.07) is 7.46. The molecule has 0 aliphatic carbocycles. The number of para-hydroxylation sites is 1. The van der Waals surface area contributed by atoms with E-state index in [2.05, 4.69) is 0 Å². The lowest BCUT2D eigenvalue weighted by Crippen LogP contribution is -2.38. The van der Waals surface area contributed by atoms with Crippen LogP contribution in [0.2, 0.25) is 0 Å². The molecule has 30 heavy (non-hydrogen) atoms. The van der Waals surface area contributed by atoms with Crippen LogP contribution >= 0.6 is 0 Å². The molecule has 0 saturated carbocycles. The molecule has 1 saturated heterocycles. The first-order valence-electron chi connectivity index (χ1n) is 10.8. The van der Waals surface area contributed by atoms with Crippen molar-refractivity contribution in [3.05, 3.63) is 46.8 Å². The van der Waals surface area contributed by atoms with Gasteiger partial charge in [-0.2, -0.15) is 0 Å². The normalized spacial score (nSPS) is 19.7. The lowest BCUT2D eigenvalue weighted by atomic mass is 10.1. The molecule has 1 amide bonds. The van der Waals surface area contributed by atoms with Gasteiger partial charge >= 0.3 is 0 Å². The van der Waals surface area contributed by atoms with Crippen LogP contribution in [0.3, 0.4) is 0 Å². The van der Waals surface area contributed by atoms with Crippen molar-refractivity contribution in [2.75, 3.05) is 17.4 Å². The lowest BCUT2D eigenvalue weighted by molar-refractivity contribution is 0.0757. The third-order valence-electron chi connectivity index (χ3n) is 6.69. The highest BCUT2D eigenvalue weighted by Crippen LogP contribution is 2.39. The van der Waals surface area contributed by atoms with Crippen molar-refractivity contribution in [3.8, 4) is 0 Å². The van der Waals surface area contributed by atoms with Crippen molar-refractivity contribution in [3.63, 3.8) is 0 Å². The second-order valence-electron chi connectivity index (χ2n) is 8.62. The second kappa shape index (κ2) is 7.76. The van der Waals surface area contributed by atoms with Gasteiger partial charge in [-0.1, -0.05) is 31.0 Å². The average molecular weight is 430 g/mol. The highest BCUT2D eigenvalue weighted by Gasteiger charge is 2.41. The van der Waals surface area contributed by atoms with E-state index in [-0.39, 0.29) is 16.8 Å². The van der Waals surface area contributed by atoms with E-state index >= 15 is 0 Å². The number of sulfonamides is 1. The van der Waals surface area contributed by atoms with Gasteiger partial charge in [-0.25, -0.2) is 8.42 Å². The number of hydrogen-bond donors (Lipinski definition) is 0. The Morgan fingerprint density at radius 3 is 2.30 bits per heavy atom. The molecule has 7 heteroatoms. The Kier molecular flexibility index (Phi) is 5.43. The number of benzene rings is 1. The molecule has 6 nitrogen and oxygen atoms in total. The van der Waals surface area contributed by atoms with Crippen LogP contribution in [0.1, 0.15) is 59.9 Å². The number of aromatic nitrogens is 1. The van der Waals surface area contributed by atoms with Gasteiger partial charge in [0.1, 0.15) is 4.90 Å². The number of amides is 1. The molecule has 1 fully saturated rings. The first-order chi connectivity index (χ1) is 14.2. The lowest BCUT2D eigenvalue weighted by Gasteiger charge is -2.26. The van der Waals surface area contributed by atoms with Crippen molar-refractivity contribution in [2.45, 2.75) is 63.8 Å². The van der Waals surface area contributed by atoms with E-state index < -0.39 is 10.0 Å². The molecule has 0 N–H and O–H groups in total. The fourth-order valence-corrected chi connectivity index (χ4v) is 7.10. The Morgan fingerprint density at radius 1 is 1.00 bits per heavy atom. The molecule has 4 rings (SSSR count). The summed E-state index contributed by atoms with van der Waals surface area (Å²) in [5.74, 6) is -0.156. The molecule has 0 bridgehead atoms. The summed E-state index contributed by atoms with van der Waals surface area (Å²) in [4.78, 5) is 15.6. The Bertz CT molecular complexity index is 1080. The van der Waals surface area contributed by atoms with E-state index in [9.17, 15) is 13.2 Å². The number of fused-ring (bicyclic) bond motifs is 1. The molecule has 2 aliphatic rings. The zero-order valence-electron chi connectivity index (χ0n) is 18.3. The SMILES string of the molecule is Cc1c(C(=O)N2CCCCCC2)c(S(=O)(=O)N2c3ccccc3C[C@@H]2C)c(C)n1C. The number of rotatable bonds is 3. The van der Waals surface area contributed by atoms with E-state index in [0.29, 0.717) is 36.5 Å². The van der Waals surface area contributed by atoms with Crippen LogP contribution in [0, 0.1) is 13.8 Å². The predicted molar refractivity (Wildman–Crippen MR) is 119 cm³/mol. The molecule has 1 aromatic carbocycles. The Balaban J connectivity index is 1.85. The first kappa shape index (κ1) is 21.0. The number of hydrogen-bond acceptors (Lipinski definition) is 3. The van der Waals surface area contributed by atoms with Crippen LogP contribution in [0.25, 0.3) is 0 Å². The number of carbonyl (C=O) groups excluding carboxylic acids is 1. The predicted octanol–water partition coefficient (Wildman–Crippen LogP) is 3.80. The van der Waals surface area contributed by atoms with Crippen LogP contribution in [-0.4, -0.2) is 42.9 Å². The molecule has 0 spiro atoms. The monoisotopic (exact) mass is 429 g/mol. The summed E-state index contributed by atoms with van der Waals surface area (Å²) in [5, 5.41) is 0. The Morgan fingerprint density at radius 2 is 1.63 bits per heavy atom. The molecule has 0 radical (unpaired) electrons. The largest absolute Gasteiger partial charge is 0.350 e. The van der Waals surface area contributed by atoms with Gasteiger partial charge < -0.3 is 9.47 Å². The molecule has 3 heterocycles. The molecule has 162 valence electrons. The minimum absolute atomic E-state index is 0.156. The van der Waals surface area contributed by atoms with Crippen LogP contribution in [0.4, 0.5) is 5.69 Å². The van der Waals surface area contributed by atoms with Crippen molar-refractivity contribution in [2.24, 2.45) is 7.05 Å². The molecule has 2 aromatic rings. The van der Waals surface area contributed by atoms with Crippen molar-refractivity contribution in [1.29, 1.82) is 0 Å². The maximum Gasteiger partial charge on any atom is 0.267 e. The highest BCUT2D eigenvalue weighted by molar-refractivity contribution is 7.93. The molecular weight excluding hydrogens is 398 g/mol. The summed E-state index contributed by atoms with van der Waals surface area (Å²) in [7, 11) is -2.05. The zero-order valence-corrected chi connectivity index (χ0v) is 19.1. The number of anilines is 1. The quantitative estimate of drug-likeness (QED) is 0.746. The van der Waals surface area contributed by atoms with Gasteiger partial charge in [-0.05, 0) is 51.7 Å². The third kappa shape index (κ3) is 3.23. The molecule has 0 unspecified atom stereocenters. The molecule has 1 aromatic heterocycles. The zero-order chi connectivity index (χ0) is 21.6. The summed E-state index contributed by atoms with van der Waals surface area (Å²) >= 11 is 0. The van der Waals surface area contributed by atoms with E-state index in [4.69, 9.17) is 0 Å². The Labute approximate surface area is 179 Å². The van der Waals surface area contributed by atoms with Crippen LogP contribution < -0.4 is 4.31 Å². The Hall–Kier alpha value is -2.28. The first-order valence-corrected chi connectivity index (χ1v) is 12.3. The fourth-order valence-electron chi connectivity index (χ4n) is 4.92. The summed E-state index contributed by atoms with van der Waals surface area (Å²) in [6.07, 6.45) is 4.84. The smallest absolute Gasteiger partial charge is 0.267 e. The van der Waals surface area contributed by atoms with Gasteiger partial charge in [0.15, 0.2) is 0 Å². The van der Waals surface area contributed by atoms with Crippen molar-refractivity contribution in [1.82, 2.24) is 9.47 Å². The minimum Gasteiger partial charge on any atom is -0.350 e. The van der Waals surface area contributed by atoms with Crippen molar-refractivity contribution < 1.29 is 13.2 Å². The highest BCUT2D eigenvalue weighted by atomic mass is 32.2. The topological polar surface area (TPSA) is 62.6 Å². The second-order valence-corrected chi connectivity index (χ2v) is 10.4. The molecule has 1 atom stereocenters. The van der Waals surface area contributed by atoms with Crippen LogP contribution in [0.15, 0.2) is 29.2 Å². The van der Waals surface area contributed by atoms with Gasteiger partial charge in [0.25, 0.3) is 15.9 Å². The molecular formula is C23H31N3O3S. The van der Waals surface area contributed by atoms with E-state index in [1.807, 2.05) is 54.6 Å². The van der Waals surface area contributed by atoms with Crippen LogP contribution in [-0.2, 0) is 23.5 Å². The summed E-state index contributed by atoms with van der Waals surface area (Å²) < 4.78 is 31.4. The van der Waals surface area contributed by atoms with Crippen LogP contribution in [0.5, 0.6) is 0 Å². The minimum atomic E-state index is -3.89. The average Bonchev–Trinajstić information content (AvgIpc) is 3.01. The van der Waals surface area contributed by atoms with Gasteiger partial charge in [0.05, 0.1) is 11.3 Å². The number of carbonyl (C=O) groups is 1. The van der Waals surface area contributed by atoms with Gasteiger partial charge in [0.2, 0.25) is 0 Å². The summed E-state index contributed by atoms with van der Waals surface area (Å²) in [6.45, 7) is 6.95. The van der Waals surface area contributed by atoms with E-state index in [1.54, 1.807) is 6.92 Å². The maximum absolute atomic E-state index is 14.0. The number of nitrogens with zero attached hydrogens (tertiary/aromatic N) is 3. The number of likely N-dealkylation sites (tertiary alicyclic amines) is 1. The van der Waals surface area contributed by atoms with E-state index in [1.165, 1.54) is 4.31 Å². The van der Waals surface area contributed by atoms with E-state index in [0.717, 1.165) is 36.9 Å². The summed E-state index contributed by atoms with van der Waals surface area (Å²) in [5.41, 5.74) is 3.41. The third-order valence-corrected chi connectivity index (χ3v) is 8.78.